The van der Waals surface area contributed by atoms with Crippen LogP contribution in [-0.4, -0.2) is 50.6 Å². The molecule has 0 bridgehead atoms. The average molecular weight is 428 g/mol. The average Bonchev–Trinajstić information content (AvgIpc) is 2.66. The fraction of sp³-hybridized carbons (Fsp3) is 0.222. The van der Waals surface area contributed by atoms with Crippen LogP contribution in [-0.2, 0) is 17.1 Å². The van der Waals surface area contributed by atoms with E-state index in [1.165, 1.54) is 28.4 Å². The molecule has 0 amide bonds. The second-order valence-electron chi connectivity index (χ2n) is 4.69. The molecule has 0 aliphatic carbocycles. The summed E-state index contributed by atoms with van der Waals surface area (Å²) < 4.78 is 19.6. The fourth-order valence-electron chi connectivity index (χ4n) is 2.12. The second-order valence-corrected chi connectivity index (χ2v) is 4.69. The Kier molecular flexibility index (Phi) is 10.4. The molecule has 2 N–H and O–H groups in total. The molecule has 27 heavy (non-hydrogen) atoms. The van der Waals surface area contributed by atoms with Gasteiger partial charge in [0, 0.05) is 17.1 Å². The van der Waals surface area contributed by atoms with Gasteiger partial charge in [-0.3, -0.25) is 0 Å². The Hall–Kier alpha value is -2.90. The monoisotopic (exact) mass is 427 g/mol. The number of ether oxygens (including phenoxy) is 4. The van der Waals surface area contributed by atoms with Gasteiger partial charge in [-0.1, -0.05) is 12.1 Å². The Bertz CT molecular complexity index is 666. The van der Waals surface area contributed by atoms with Gasteiger partial charge in [-0.25, -0.2) is 9.59 Å². The van der Waals surface area contributed by atoms with Gasteiger partial charge in [0.05, 0.1) is 28.4 Å². The number of carboxylic acids is 2. The maximum atomic E-state index is 10.8. The number of carbonyl (C=O) groups is 2. The van der Waals surface area contributed by atoms with Crippen molar-refractivity contribution < 1.29 is 55.8 Å². The van der Waals surface area contributed by atoms with Crippen molar-refractivity contribution in [1.29, 1.82) is 0 Å². The van der Waals surface area contributed by atoms with E-state index in [1.54, 1.807) is 36.4 Å². The molecular weight excluding hydrogens is 408 g/mol. The summed E-state index contributed by atoms with van der Waals surface area (Å²) in [6.45, 7) is 0. The van der Waals surface area contributed by atoms with Crippen molar-refractivity contribution in [3.05, 3.63) is 47.5 Å². The SMILES string of the molecule is COc1cccc(OC)c1C(=O)O.COc1cccc(OC)c1C(=O)O.[Cu]. The molecule has 2 rings (SSSR count). The van der Waals surface area contributed by atoms with E-state index in [2.05, 4.69) is 0 Å². The zero-order chi connectivity index (χ0) is 19.7. The van der Waals surface area contributed by atoms with Crippen LogP contribution in [0.3, 0.4) is 0 Å². The molecule has 2 aromatic carbocycles. The number of hydrogen-bond acceptors (Lipinski definition) is 6. The Morgan fingerprint density at radius 2 is 0.852 bits per heavy atom. The molecule has 0 spiro atoms. The molecule has 0 saturated carbocycles. The van der Waals surface area contributed by atoms with Crippen LogP contribution in [0.1, 0.15) is 20.7 Å². The molecule has 8 nitrogen and oxygen atoms in total. The third-order valence-corrected chi connectivity index (χ3v) is 3.28. The first-order chi connectivity index (χ1) is 12.4. The Balaban J connectivity index is 0.000000483. The van der Waals surface area contributed by atoms with Crippen molar-refractivity contribution in [2.24, 2.45) is 0 Å². The minimum atomic E-state index is -1.06. The number of rotatable bonds is 6. The number of carboxylic acid groups (broad SMARTS) is 2. The van der Waals surface area contributed by atoms with Crippen LogP contribution >= 0.6 is 0 Å². The quantitative estimate of drug-likeness (QED) is 0.677. The van der Waals surface area contributed by atoms with Gasteiger partial charge in [0.1, 0.15) is 34.1 Å². The van der Waals surface area contributed by atoms with Gasteiger partial charge in [-0.05, 0) is 24.3 Å². The van der Waals surface area contributed by atoms with E-state index in [9.17, 15) is 9.59 Å². The first-order valence-electron chi connectivity index (χ1n) is 7.29. The van der Waals surface area contributed by atoms with Crippen LogP contribution in [0.15, 0.2) is 36.4 Å². The smallest absolute Gasteiger partial charge is 0.343 e. The summed E-state index contributed by atoms with van der Waals surface area (Å²) in [5, 5.41) is 17.7. The van der Waals surface area contributed by atoms with Gasteiger partial charge < -0.3 is 29.2 Å². The third kappa shape index (κ3) is 6.09. The predicted octanol–water partition coefficient (Wildman–Crippen LogP) is 2.80. The van der Waals surface area contributed by atoms with E-state index >= 15 is 0 Å². The number of benzene rings is 2. The van der Waals surface area contributed by atoms with Crippen molar-refractivity contribution in [3.63, 3.8) is 0 Å². The Morgan fingerprint density at radius 1 is 0.630 bits per heavy atom. The summed E-state index contributed by atoms with van der Waals surface area (Å²) in [4.78, 5) is 21.6. The number of hydrogen-bond donors (Lipinski definition) is 2. The summed E-state index contributed by atoms with van der Waals surface area (Å²) in [6.07, 6.45) is 0. The van der Waals surface area contributed by atoms with Crippen molar-refractivity contribution in [3.8, 4) is 23.0 Å². The molecule has 1 radical (unpaired) electrons. The van der Waals surface area contributed by atoms with Gasteiger partial charge >= 0.3 is 11.9 Å². The summed E-state index contributed by atoms with van der Waals surface area (Å²) in [7, 11) is 5.67. The topological polar surface area (TPSA) is 112 Å². The second kappa shape index (κ2) is 11.7. The van der Waals surface area contributed by atoms with Gasteiger partial charge in [-0.2, -0.15) is 0 Å². The van der Waals surface area contributed by atoms with E-state index < -0.39 is 11.9 Å². The van der Waals surface area contributed by atoms with Crippen LogP contribution in [0.5, 0.6) is 23.0 Å². The first-order valence-corrected chi connectivity index (χ1v) is 7.29. The van der Waals surface area contributed by atoms with Gasteiger partial charge in [-0.15, -0.1) is 0 Å². The maximum absolute atomic E-state index is 10.8. The van der Waals surface area contributed by atoms with E-state index in [0.717, 1.165) is 0 Å². The number of methoxy groups -OCH3 is 4. The molecule has 0 saturated heterocycles. The maximum Gasteiger partial charge on any atom is 0.343 e. The molecule has 0 aliphatic heterocycles. The standard InChI is InChI=1S/2C9H10O4.Cu/c2*1-12-6-4-3-5-7(13-2)8(6)9(10)11;/h2*3-5H,1-2H3,(H,10,11);. The number of aromatic carboxylic acids is 2. The first kappa shape index (κ1) is 24.1. The van der Waals surface area contributed by atoms with Crippen molar-refractivity contribution >= 4 is 11.9 Å². The fourth-order valence-corrected chi connectivity index (χ4v) is 2.12. The van der Waals surface area contributed by atoms with E-state index in [1.807, 2.05) is 0 Å². The normalized spacial score (nSPS) is 9.04. The Morgan fingerprint density at radius 3 is 1.00 bits per heavy atom. The van der Waals surface area contributed by atoms with E-state index in [4.69, 9.17) is 29.2 Å². The van der Waals surface area contributed by atoms with Crippen molar-refractivity contribution in [1.82, 2.24) is 0 Å². The molecule has 0 heterocycles. The molecule has 0 fully saturated rings. The van der Waals surface area contributed by atoms with Gasteiger partial charge in [0.15, 0.2) is 0 Å². The van der Waals surface area contributed by atoms with Crippen molar-refractivity contribution in [2.75, 3.05) is 28.4 Å². The van der Waals surface area contributed by atoms with Crippen LogP contribution in [0, 0.1) is 0 Å². The molecule has 0 aliphatic rings. The largest absolute Gasteiger partial charge is 0.496 e. The molecule has 0 atom stereocenters. The third-order valence-electron chi connectivity index (χ3n) is 3.28. The summed E-state index contributed by atoms with van der Waals surface area (Å²) in [5.41, 5.74) is 0.0972. The van der Waals surface area contributed by atoms with Gasteiger partial charge in [0.2, 0.25) is 0 Å². The predicted molar refractivity (Wildman–Crippen MR) is 93.0 cm³/mol. The minimum Gasteiger partial charge on any atom is -0.496 e. The van der Waals surface area contributed by atoms with Crippen LogP contribution in [0.25, 0.3) is 0 Å². The summed E-state index contributed by atoms with van der Waals surface area (Å²) in [5.74, 6) is -0.930. The van der Waals surface area contributed by atoms with E-state index in [-0.39, 0.29) is 28.2 Å². The van der Waals surface area contributed by atoms with Crippen LogP contribution in [0.2, 0.25) is 0 Å². The molecule has 2 aromatic rings. The summed E-state index contributed by atoms with van der Waals surface area (Å²) in [6, 6.07) is 9.64. The van der Waals surface area contributed by atoms with Crippen LogP contribution < -0.4 is 18.9 Å². The van der Waals surface area contributed by atoms with Crippen LogP contribution in [0.4, 0.5) is 0 Å². The van der Waals surface area contributed by atoms with E-state index in [0.29, 0.717) is 23.0 Å². The molecule has 151 valence electrons. The zero-order valence-corrected chi connectivity index (χ0v) is 16.1. The molecule has 9 heteroatoms. The Labute approximate surface area is 167 Å². The molecule has 0 aromatic heterocycles. The minimum absolute atomic E-state index is 0. The molecule has 0 unspecified atom stereocenters. The molecular formula is C18H20CuO8. The van der Waals surface area contributed by atoms with Gasteiger partial charge in [0.25, 0.3) is 0 Å². The zero-order valence-electron chi connectivity index (χ0n) is 15.1. The summed E-state index contributed by atoms with van der Waals surface area (Å²) >= 11 is 0. The van der Waals surface area contributed by atoms with Crippen molar-refractivity contribution in [2.45, 2.75) is 0 Å².